The van der Waals surface area contributed by atoms with E-state index in [0.717, 1.165) is 25.9 Å². The summed E-state index contributed by atoms with van der Waals surface area (Å²) in [4.78, 5) is 28.7. The number of likely N-dealkylation sites (tertiary alicyclic amines) is 1. The number of aliphatic hydroxyl groups excluding tert-OH is 2. The summed E-state index contributed by atoms with van der Waals surface area (Å²) in [5.74, 6) is -0.310. The number of hydrogen-bond donors (Lipinski definition) is 3. The number of nitrogens with zero attached hydrogens (tertiary/aromatic N) is 2. The second kappa shape index (κ2) is 6.80. The third kappa shape index (κ3) is 2.97. The average Bonchev–Trinajstić information content (AvgIpc) is 3.17. The molecule has 0 spiro atoms. The molecule has 3 N–H and O–H groups in total. The number of methoxy groups -OCH3 is 1. The molecule has 0 aromatic carbocycles. The molecule has 1 fully saturated rings. The molecule has 1 aromatic heterocycles. The monoisotopic (exact) mass is 339 g/mol. The normalized spacial score (nSPS) is 24.6. The van der Waals surface area contributed by atoms with E-state index in [1.807, 2.05) is 0 Å². The molecule has 3 rings (SSSR count). The predicted octanol–water partition coefficient (Wildman–Crippen LogP) is -0.562. The van der Waals surface area contributed by atoms with Gasteiger partial charge in [-0.25, -0.2) is 4.79 Å². The van der Waals surface area contributed by atoms with Crippen LogP contribution in [0, 0.1) is 0 Å². The number of hydrogen-bond acceptors (Lipinski definition) is 7. The zero-order valence-electron chi connectivity index (χ0n) is 13.4. The highest BCUT2D eigenvalue weighted by Crippen LogP contribution is 2.32. The molecule has 0 saturated carbocycles. The molecular formula is C15H21N3O6. The molecule has 9 heteroatoms. The van der Waals surface area contributed by atoms with Gasteiger partial charge in [0.1, 0.15) is 6.61 Å². The minimum absolute atomic E-state index is 0.0500. The van der Waals surface area contributed by atoms with Crippen molar-refractivity contribution in [2.24, 2.45) is 0 Å². The van der Waals surface area contributed by atoms with Crippen molar-refractivity contribution in [2.75, 3.05) is 26.8 Å². The highest BCUT2D eigenvalue weighted by atomic mass is 16.6. The second-order valence-electron chi connectivity index (χ2n) is 5.94. The Balaban J connectivity index is 1.93. The quantitative estimate of drug-likeness (QED) is 0.658. The van der Waals surface area contributed by atoms with Crippen molar-refractivity contribution in [1.82, 2.24) is 14.5 Å². The molecule has 0 bridgehead atoms. The van der Waals surface area contributed by atoms with E-state index < -0.39 is 30.2 Å². The van der Waals surface area contributed by atoms with Gasteiger partial charge in [0, 0.05) is 25.4 Å². The van der Waals surface area contributed by atoms with Crippen molar-refractivity contribution < 1.29 is 19.7 Å². The van der Waals surface area contributed by atoms with Crippen molar-refractivity contribution in [1.29, 1.82) is 0 Å². The third-order valence-corrected chi connectivity index (χ3v) is 4.38. The number of aromatic amines is 1. The molecule has 2 atom stereocenters. The highest BCUT2D eigenvalue weighted by Gasteiger charge is 2.39. The topological polar surface area (TPSA) is 117 Å². The summed E-state index contributed by atoms with van der Waals surface area (Å²) in [5.41, 5.74) is -0.661. The van der Waals surface area contributed by atoms with Crippen LogP contribution in [0.4, 0.5) is 0 Å². The Labute approximate surface area is 137 Å². The number of rotatable bonds is 5. The number of aromatic nitrogens is 2. The van der Waals surface area contributed by atoms with E-state index in [1.165, 1.54) is 17.9 Å². The Morgan fingerprint density at radius 3 is 2.71 bits per heavy atom. The molecule has 0 radical (unpaired) electrons. The summed E-state index contributed by atoms with van der Waals surface area (Å²) >= 11 is 0. The maximum absolute atomic E-state index is 12.2. The zero-order chi connectivity index (χ0) is 17.3. The van der Waals surface area contributed by atoms with Crippen LogP contribution in [0.1, 0.15) is 24.6 Å². The Kier molecular flexibility index (Phi) is 4.74. The van der Waals surface area contributed by atoms with Gasteiger partial charge in [-0.2, -0.15) is 0 Å². The first-order valence-corrected chi connectivity index (χ1v) is 7.84. The van der Waals surface area contributed by atoms with Gasteiger partial charge in [-0.05, 0) is 25.9 Å². The third-order valence-electron chi connectivity index (χ3n) is 4.38. The van der Waals surface area contributed by atoms with Crippen LogP contribution in [0.3, 0.4) is 0 Å². The van der Waals surface area contributed by atoms with Crippen molar-refractivity contribution in [3.63, 3.8) is 0 Å². The van der Waals surface area contributed by atoms with Crippen molar-refractivity contribution in [3.8, 4) is 0 Å². The van der Waals surface area contributed by atoms with Crippen LogP contribution >= 0.6 is 0 Å². The summed E-state index contributed by atoms with van der Waals surface area (Å²) in [6, 6.07) is 0. The van der Waals surface area contributed by atoms with Gasteiger partial charge in [-0.1, -0.05) is 0 Å². The van der Waals surface area contributed by atoms with Gasteiger partial charge >= 0.3 is 5.69 Å². The fraction of sp³-hybridized carbons (Fsp3) is 0.600. The van der Waals surface area contributed by atoms with Crippen LogP contribution in [-0.4, -0.2) is 57.6 Å². The van der Waals surface area contributed by atoms with E-state index in [4.69, 9.17) is 9.47 Å². The van der Waals surface area contributed by atoms with Gasteiger partial charge in [-0.3, -0.25) is 19.2 Å². The summed E-state index contributed by atoms with van der Waals surface area (Å²) in [6.45, 7) is 1.75. The molecule has 132 valence electrons. The van der Waals surface area contributed by atoms with Gasteiger partial charge < -0.3 is 19.7 Å². The van der Waals surface area contributed by atoms with Crippen LogP contribution in [0.5, 0.6) is 0 Å². The number of ether oxygens (including phenoxy) is 2. The van der Waals surface area contributed by atoms with Gasteiger partial charge in [0.2, 0.25) is 6.23 Å². The Hall–Kier alpha value is -2.10. The molecule has 2 aliphatic heterocycles. The zero-order valence-corrected chi connectivity index (χ0v) is 13.4. The van der Waals surface area contributed by atoms with Crippen LogP contribution in [0.15, 0.2) is 27.3 Å². The van der Waals surface area contributed by atoms with Gasteiger partial charge in [0.05, 0.1) is 0 Å². The Bertz CT molecular complexity index is 746. The first-order valence-electron chi connectivity index (χ1n) is 7.84. The Morgan fingerprint density at radius 2 is 2.08 bits per heavy atom. The van der Waals surface area contributed by atoms with E-state index in [-0.39, 0.29) is 11.5 Å². The summed E-state index contributed by atoms with van der Waals surface area (Å²) in [5, 5.41) is 19.2. The highest BCUT2D eigenvalue weighted by molar-refractivity contribution is 5.15. The van der Waals surface area contributed by atoms with E-state index in [0.29, 0.717) is 12.1 Å². The van der Waals surface area contributed by atoms with E-state index in [1.54, 1.807) is 0 Å². The summed E-state index contributed by atoms with van der Waals surface area (Å²) < 4.78 is 11.8. The van der Waals surface area contributed by atoms with Gasteiger partial charge in [0.25, 0.3) is 5.56 Å². The van der Waals surface area contributed by atoms with Gasteiger partial charge in [-0.15, -0.1) is 0 Å². The molecule has 9 nitrogen and oxygen atoms in total. The van der Waals surface area contributed by atoms with E-state index in [2.05, 4.69) is 9.88 Å². The van der Waals surface area contributed by atoms with Crippen molar-refractivity contribution in [3.05, 3.63) is 44.1 Å². The fourth-order valence-corrected chi connectivity index (χ4v) is 3.12. The first-order chi connectivity index (χ1) is 11.5. The van der Waals surface area contributed by atoms with Crippen LogP contribution in [0.2, 0.25) is 0 Å². The number of H-pyrrole nitrogens is 1. The van der Waals surface area contributed by atoms with Crippen LogP contribution in [0.25, 0.3) is 0 Å². The predicted molar refractivity (Wildman–Crippen MR) is 83.5 cm³/mol. The number of aliphatic hydroxyl groups is 2. The summed E-state index contributed by atoms with van der Waals surface area (Å²) in [6.07, 6.45) is 1.69. The first kappa shape index (κ1) is 16.7. The lowest BCUT2D eigenvalue weighted by Gasteiger charge is -2.21. The molecular weight excluding hydrogens is 318 g/mol. The van der Waals surface area contributed by atoms with Crippen molar-refractivity contribution in [2.45, 2.75) is 31.7 Å². The minimum atomic E-state index is -0.987. The second-order valence-corrected chi connectivity index (χ2v) is 5.94. The maximum atomic E-state index is 12.2. The van der Waals surface area contributed by atoms with E-state index in [9.17, 15) is 19.8 Å². The van der Waals surface area contributed by atoms with E-state index >= 15 is 0 Å². The summed E-state index contributed by atoms with van der Waals surface area (Å²) in [7, 11) is 1.36. The van der Waals surface area contributed by atoms with Crippen molar-refractivity contribution >= 4 is 0 Å². The lowest BCUT2D eigenvalue weighted by Crippen LogP contribution is -2.39. The Morgan fingerprint density at radius 1 is 1.38 bits per heavy atom. The molecule has 3 heterocycles. The fourth-order valence-electron chi connectivity index (χ4n) is 3.12. The standard InChI is InChI=1S/C15H21N3O6/c1-23-12-11(20)10(8-19)24-14(12)18-7-9(13(21)16-15(18)22)6-17-4-2-3-5-17/h7,12,14,19-20H,2-6,8H2,1H3,(H,16,21,22)/t12?,14-/m1/s1. The van der Waals surface area contributed by atoms with Gasteiger partial charge in [0.15, 0.2) is 17.6 Å². The minimum Gasteiger partial charge on any atom is -0.506 e. The smallest absolute Gasteiger partial charge is 0.331 e. The van der Waals surface area contributed by atoms with Crippen LogP contribution in [-0.2, 0) is 16.0 Å². The lowest BCUT2D eigenvalue weighted by atomic mass is 10.2. The molecule has 1 saturated heterocycles. The molecule has 0 aliphatic carbocycles. The molecule has 2 aliphatic rings. The van der Waals surface area contributed by atoms with Crippen LogP contribution < -0.4 is 11.2 Å². The largest absolute Gasteiger partial charge is 0.506 e. The molecule has 0 amide bonds. The molecule has 1 aromatic rings. The maximum Gasteiger partial charge on any atom is 0.331 e. The molecule has 1 unspecified atom stereocenters. The SMILES string of the molecule is COC1C(O)=C(CO)O[C@H]1n1cc(CN2CCCC2)c(=O)[nH]c1=O. The lowest BCUT2D eigenvalue weighted by molar-refractivity contribution is -0.0376. The number of nitrogens with one attached hydrogen (secondary N) is 1. The molecule has 24 heavy (non-hydrogen) atoms. The average molecular weight is 339 g/mol.